The summed E-state index contributed by atoms with van der Waals surface area (Å²) in [7, 11) is 0. The topological polar surface area (TPSA) is 99.1 Å². The third-order valence-corrected chi connectivity index (χ3v) is 6.79. The highest BCUT2D eigenvalue weighted by Crippen LogP contribution is 2.41. The standard InChI is InChI=1S/C14H21IN5O2P/c1-23(2,3)5-4-8-11(21)9(15)14(22-8)20-7-19-10-12(16)17-6-18-13(10)20/h6-9,11,14,21H,1,4-5H2,2-3H3,(H2,16,17,18)/t8-,9-,11-,14-/m1/s1. The lowest BCUT2D eigenvalue weighted by molar-refractivity contribution is -0.0173. The Kier molecular flexibility index (Phi) is 4.70. The molecule has 0 aliphatic carbocycles. The van der Waals surface area contributed by atoms with Crippen LogP contribution in [0.15, 0.2) is 12.7 Å². The molecule has 1 fully saturated rings. The molecular formula is C14H21IN5O2P. The van der Waals surface area contributed by atoms with Crippen LogP contribution in [0.4, 0.5) is 5.82 Å². The van der Waals surface area contributed by atoms with Gasteiger partial charge in [-0.25, -0.2) is 15.0 Å². The van der Waals surface area contributed by atoms with Crippen molar-refractivity contribution in [1.29, 1.82) is 0 Å². The Morgan fingerprint density at radius 3 is 2.87 bits per heavy atom. The van der Waals surface area contributed by atoms with Gasteiger partial charge in [-0.15, -0.1) is 13.2 Å². The third kappa shape index (κ3) is 3.40. The maximum atomic E-state index is 10.5. The highest BCUT2D eigenvalue weighted by molar-refractivity contribution is 14.1. The molecule has 0 saturated carbocycles. The molecule has 126 valence electrons. The quantitative estimate of drug-likeness (QED) is 0.418. The summed E-state index contributed by atoms with van der Waals surface area (Å²) >= 11 is 2.23. The summed E-state index contributed by atoms with van der Waals surface area (Å²) < 4.78 is 7.87. The summed E-state index contributed by atoms with van der Waals surface area (Å²) in [6.07, 6.45) is 8.05. The normalized spacial score (nSPS) is 28.5. The van der Waals surface area contributed by atoms with Crippen LogP contribution in [0.25, 0.3) is 11.2 Å². The predicted octanol–water partition coefficient (Wildman–Crippen LogP) is 1.57. The van der Waals surface area contributed by atoms with Gasteiger partial charge in [0.25, 0.3) is 0 Å². The van der Waals surface area contributed by atoms with Gasteiger partial charge in [-0.2, -0.15) is 0 Å². The first-order chi connectivity index (χ1) is 10.8. The number of rotatable bonds is 4. The van der Waals surface area contributed by atoms with Crippen molar-refractivity contribution in [2.75, 3.05) is 25.2 Å². The van der Waals surface area contributed by atoms with Crippen molar-refractivity contribution in [3.8, 4) is 0 Å². The molecule has 0 spiro atoms. The number of imidazole rings is 1. The SMILES string of the molecule is C=P(C)(C)CC[C@H]1O[C@@H](n2cnc3c(N)ncnc32)[C@H](I)[C@@H]1O. The number of nitrogen functional groups attached to an aromatic ring is 1. The lowest BCUT2D eigenvalue weighted by atomic mass is 10.1. The molecule has 1 saturated heterocycles. The summed E-state index contributed by atoms with van der Waals surface area (Å²) in [5.41, 5.74) is 7.02. The van der Waals surface area contributed by atoms with Gasteiger partial charge in [0.2, 0.25) is 0 Å². The Bertz CT molecular complexity index is 761. The summed E-state index contributed by atoms with van der Waals surface area (Å²) in [5, 5.41) is 10.5. The number of fused-ring (bicyclic) bond motifs is 1. The van der Waals surface area contributed by atoms with E-state index >= 15 is 0 Å². The Hall–Kier alpha value is -0.700. The van der Waals surface area contributed by atoms with Gasteiger partial charge in [0.05, 0.1) is 22.5 Å². The number of hydrogen-bond acceptors (Lipinski definition) is 6. The van der Waals surface area contributed by atoms with E-state index in [0.29, 0.717) is 17.0 Å². The fourth-order valence-electron chi connectivity index (χ4n) is 2.70. The van der Waals surface area contributed by atoms with E-state index in [1.165, 1.54) is 6.33 Å². The number of halogens is 1. The molecule has 3 N–H and O–H groups in total. The molecule has 7 nitrogen and oxygen atoms in total. The summed E-state index contributed by atoms with van der Waals surface area (Å²) in [5.74, 6) is 0.345. The van der Waals surface area contributed by atoms with E-state index in [0.717, 1.165) is 12.6 Å². The highest BCUT2D eigenvalue weighted by atomic mass is 127. The third-order valence-electron chi connectivity index (χ3n) is 3.97. The van der Waals surface area contributed by atoms with Crippen molar-refractivity contribution >= 4 is 52.8 Å². The monoisotopic (exact) mass is 449 g/mol. The average molecular weight is 449 g/mol. The molecule has 1 aliphatic rings. The van der Waals surface area contributed by atoms with E-state index < -0.39 is 13.0 Å². The first-order valence-corrected chi connectivity index (χ1v) is 11.7. The van der Waals surface area contributed by atoms with E-state index in [9.17, 15) is 5.11 Å². The van der Waals surface area contributed by atoms with E-state index in [1.807, 2.05) is 4.57 Å². The first kappa shape index (κ1) is 17.1. The Morgan fingerprint density at radius 1 is 1.43 bits per heavy atom. The molecule has 4 atom stereocenters. The second kappa shape index (κ2) is 6.31. The van der Waals surface area contributed by atoms with Gasteiger partial charge < -0.3 is 15.6 Å². The lowest BCUT2D eigenvalue weighted by Crippen LogP contribution is -2.27. The largest absolute Gasteiger partial charge is 0.389 e. The molecule has 0 aromatic carbocycles. The zero-order valence-corrected chi connectivity index (χ0v) is 16.2. The van der Waals surface area contributed by atoms with Crippen LogP contribution >= 0.6 is 29.5 Å². The van der Waals surface area contributed by atoms with Crippen LogP contribution in [-0.4, -0.2) is 66.5 Å². The Morgan fingerprint density at radius 2 is 2.17 bits per heavy atom. The van der Waals surface area contributed by atoms with Gasteiger partial charge in [-0.1, -0.05) is 22.6 Å². The van der Waals surface area contributed by atoms with Crippen LogP contribution in [0.2, 0.25) is 0 Å². The van der Waals surface area contributed by atoms with Crippen molar-refractivity contribution in [3.63, 3.8) is 0 Å². The minimum Gasteiger partial charge on any atom is -0.389 e. The molecule has 0 amide bonds. The van der Waals surface area contributed by atoms with Crippen molar-refractivity contribution in [3.05, 3.63) is 12.7 Å². The maximum Gasteiger partial charge on any atom is 0.167 e. The van der Waals surface area contributed by atoms with Gasteiger partial charge in [0.15, 0.2) is 17.7 Å². The van der Waals surface area contributed by atoms with Crippen LogP contribution < -0.4 is 5.73 Å². The van der Waals surface area contributed by atoms with Crippen LogP contribution in [0.5, 0.6) is 0 Å². The van der Waals surface area contributed by atoms with Gasteiger partial charge >= 0.3 is 0 Å². The van der Waals surface area contributed by atoms with Crippen molar-refractivity contribution < 1.29 is 9.84 Å². The van der Waals surface area contributed by atoms with Crippen LogP contribution in [0.3, 0.4) is 0 Å². The van der Waals surface area contributed by atoms with Gasteiger partial charge in [-0.05, 0) is 25.9 Å². The van der Waals surface area contributed by atoms with Gasteiger partial charge in [0, 0.05) is 0 Å². The van der Waals surface area contributed by atoms with Crippen molar-refractivity contribution in [2.45, 2.75) is 28.8 Å². The molecule has 0 unspecified atom stereocenters. The smallest absolute Gasteiger partial charge is 0.167 e. The number of anilines is 1. The Labute approximate surface area is 148 Å². The van der Waals surface area contributed by atoms with E-state index in [2.05, 4.69) is 57.2 Å². The fraction of sp³-hybridized carbons (Fsp3) is 0.571. The number of aromatic nitrogens is 4. The van der Waals surface area contributed by atoms with E-state index in [4.69, 9.17) is 10.5 Å². The average Bonchev–Trinajstić information content (AvgIpc) is 3.01. The zero-order chi connectivity index (χ0) is 16.8. The summed E-state index contributed by atoms with van der Waals surface area (Å²) in [6.45, 7) is 3.24. The minimum absolute atomic E-state index is 0.0857. The lowest BCUT2D eigenvalue weighted by Gasteiger charge is -2.18. The van der Waals surface area contributed by atoms with E-state index in [-0.39, 0.29) is 16.3 Å². The van der Waals surface area contributed by atoms with Crippen molar-refractivity contribution in [1.82, 2.24) is 19.5 Å². The number of hydrogen-bond donors (Lipinski definition) is 2. The summed E-state index contributed by atoms with van der Waals surface area (Å²) in [4.78, 5) is 12.5. The maximum absolute atomic E-state index is 10.5. The molecular weight excluding hydrogens is 428 g/mol. The van der Waals surface area contributed by atoms with E-state index in [1.54, 1.807) is 6.33 Å². The van der Waals surface area contributed by atoms with Gasteiger partial charge in [0.1, 0.15) is 11.8 Å². The van der Waals surface area contributed by atoms with Crippen LogP contribution in [0.1, 0.15) is 12.6 Å². The molecule has 1 aliphatic heterocycles. The number of aliphatic hydroxyl groups is 1. The molecule has 2 aromatic rings. The van der Waals surface area contributed by atoms with Crippen molar-refractivity contribution in [2.24, 2.45) is 0 Å². The van der Waals surface area contributed by atoms with Crippen LogP contribution in [-0.2, 0) is 4.74 Å². The predicted molar refractivity (Wildman–Crippen MR) is 103 cm³/mol. The molecule has 3 heterocycles. The number of ether oxygens (including phenoxy) is 1. The number of nitrogens with two attached hydrogens (primary N) is 1. The molecule has 3 rings (SSSR count). The fourth-order valence-corrected chi connectivity index (χ4v) is 4.63. The molecule has 23 heavy (non-hydrogen) atoms. The Balaban J connectivity index is 1.85. The van der Waals surface area contributed by atoms with Gasteiger partial charge in [-0.3, -0.25) is 4.57 Å². The second-order valence-corrected chi connectivity index (χ2v) is 12.3. The number of alkyl halides is 1. The molecule has 2 aromatic heterocycles. The molecule has 0 bridgehead atoms. The first-order valence-electron chi connectivity index (χ1n) is 7.36. The highest BCUT2D eigenvalue weighted by Gasteiger charge is 2.43. The number of aliphatic hydroxyl groups excluding tert-OH is 1. The minimum atomic E-state index is -1.14. The molecule has 9 heteroatoms. The second-order valence-electron chi connectivity index (χ2n) is 6.53. The summed E-state index contributed by atoms with van der Waals surface area (Å²) in [6, 6.07) is 0. The zero-order valence-electron chi connectivity index (χ0n) is 13.1. The number of nitrogens with zero attached hydrogens (tertiary/aromatic N) is 4. The van der Waals surface area contributed by atoms with Crippen LogP contribution in [0, 0.1) is 0 Å². The molecule has 0 radical (unpaired) electrons.